The van der Waals surface area contributed by atoms with Gasteiger partial charge in [0, 0.05) is 16.4 Å². The van der Waals surface area contributed by atoms with Gasteiger partial charge in [-0.1, -0.05) is 51.1 Å². The molecule has 0 saturated heterocycles. The lowest BCUT2D eigenvalue weighted by molar-refractivity contribution is 0.569. The molecule has 0 aliphatic heterocycles. The number of hydrogen-bond acceptors (Lipinski definition) is 6. The van der Waals surface area contributed by atoms with Gasteiger partial charge in [0.25, 0.3) is 0 Å². The van der Waals surface area contributed by atoms with Crippen LogP contribution in [0, 0.1) is 0 Å². The first kappa shape index (κ1) is 17.6. The Hall–Kier alpha value is -2.80. The van der Waals surface area contributed by atoms with Crippen LogP contribution in [0.15, 0.2) is 47.8 Å². The summed E-state index contributed by atoms with van der Waals surface area (Å²) in [7, 11) is 0. The van der Waals surface area contributed by atoms with Crippen molar-refractivity contribution >= 4 is 22.8 Å². The van der Waals surface area contributed by atoms with Crippen LogP contribution in [0.4, 0.5) is 5.82 Å². The highest BCUT2D eigenvalue weighted by molar-refractivity contribution is 7.09. The second kappa shape index (κ2) is 6.74. The molecule has 0 amide bonds. The fourth-order valence-electron chi connectivity index (χ4n) is 2.75. The van der Waals surface area contributed by atoms with Crippen LogP contribution in [-0.2, 0) is 5.41 Å². The summed E-state index contributed by atoms with van der Waals surface area (Å²) >= 11 is 1.68. The lowest BCUT2D eigenvalue weighted by atomic mass is 9.93. The Kier molecular flexibility index (Phi) is 4.39. The lowest BCUT2D eigenvalue weighted by Gasteiger charge is -2.15. The van der Waals surface area contributed by atoms with E-state index in [1.807, 2.05) is 42.5 Å². The molecule has 0 radical (unpaired) electrons. The average molecular weight is 379 g/mol. The van der Waals surface area contributed by atoms with Gasteiger partial charge >= 0.3 is 0 Å². The zero-order valence-corrected chi connectivity index (χ0v) is 16.7. The highest BCUT2D eigenvalue weighted by Gasteiger charge is 2.20. The number of rotatable bonds is 4. The minimum atomic E-state index is 0.0543. The van der Waals surface area contributed by atoms with Crippen molar-refractivity contribution < 1.29 is 0 Å². The van der Waals surface area contributed by atoms with Gasteiger partial charge < -0.3 is 5.32 Å². The third-order valence-electron chi connectivity index (χ3n) is 4.32. The number of fused-ring (bicyclic) bond motifs is 1. The smallest absolute Gasteiger partial charge is 0.185 e. The van der Waals surface area contributed by atoms with E-state index >= 15 is 0 Å². The van der Waals surface area contributed by atoms with Crippen molar-refractivity contribution in [3.05, 3.63) is 58.5 Å². The van der Waals surface area contributed by atoms with Gasteiger partial charge in [-0.2, -0.15) is 4.52 Å². The summed E-state index contributed by atoms with van der Waals surface area (Å²) in [5, 5.41) is 19.8. The number of thiazole rings is 1. The molecule has 1 atom stereocenters. The minimum Gasteiger partial charge on any atom is -0.360 e. The molecule has 0 spiro atoms. The maximum absolute atomic E-state index is 4.79. The van der Waals surface area contributed by atoms with Gasteiger partial charge in [-0.25, -0.2) is 4.98 Å². The van der Waals surface area contributed by atoms with Crippen molar-refractivity contribution in [2.24, 2.45) is 0 Å². The molecule has 1 unspecified atom stereocenters. The molecule has 1 aromatic carbocycles. The van der Waals surface area contributed by atoms with Crippen LogP contribution >= 0.6 is 11.3 Å². The molecule has 1 N–H and O–H groups in total. The van der Waals surface area contributed by atoms with E-state index in [0.29, 0.717) is 0 Å². The number of nitrogens with zero attached hydrogens (tertiary/aromatic N) is 5. The summed E-state index contributed by atoms with van der Waals surface area (Å²) < 4.78 is 1.77. The standard InChI is InChI=1S/C20H22N6S/c1-13(19-22-15(12-27-19)20(2,3)4)21-16-10-11-17-23-24-18(26(17)25-16)14-8-6-5-7-9-14/h5-13H,1-4H3,(H,21,25). The van der Waals surface area contributed by atoms with Crippen molar-refractivity contribution in [2.75, 3.05) is 5.32 Å². The Balaban J connectivity index is 1.62. The summed E-state index contributed by atoms with van der Waals surface area (Å²) in [4.78, 5) is 4.79. The second-order valence-corrected chi connectivity index (χ2v) is 8.45. The fraction of sp³-hybridized carbons (Fsp3) is 0.300. The van der Waals surface area contributed by atoms with Crippen LogP contribution in [0.3, 0.4) is 0 Å². The summed E-state index contributed by atoms with van der Waals surface area (Å²) in [6.45, 7) is 8.63. The SMILES string of the molecule is CC(Nc1ccc2nnc(-c3ccccc3)n2n1)c1nc(C(C)(C)C)cs1. The Labute approximate surface area is 162 Å². The maximum atomic E-state index is 4.79. The van der Waals surface area contributed by atoms with E-state index in [1.54, 1.807) is 15.9 Å². The number of aromatic nitrogens is 5. The molecule has 0 aliphatic rings. The molecule has 4 aromatic rings. The van der Waals surface area contributed by atoms with Gasteiger partial charge in [-0.3, -0.25) is 0 Å². The van der Waals surface area contributed by atoms with E-state index in [9.17, 15) is 0 Å². The van der Waals surface area contributed by atoms with Gasteiger partial charge in [0.2, 0.25) is 0 Å². The fourth-order valence-corrected chi connectivity index (χ4v) is 3.80. The highest BCUT2D eigenvalue weighted by Crippen LogP contribution is 2.28. The third kappa shape index (κ3) is 3.55. The number of hydrogen-bond donors (Lipinski definition) is 1. The van der Waals surface area contributed by atoms with Gasteiger partial charge in [0.15, 0.2) is 11.5 Å². The van der Waals surface area contributed by atoms with Crippen LogP contribution in [0.2, 0.25) is 0 Å². The lowest BCUT2D eigenvalue weighted by Crippen LogP contribution is -2.13. The van der Waals surface area contributed by atoms with E-state index in [1.165, 1.54) is 0 Å². The summed E-state index contributed by atoms with van der Waals surface area (Å²) in [5.41, 5.74) is 2.87. The monoisotopic (exact) mass is 378 g/mol. The van der Waals surface area contributed by atoms with Crippen molar-refractivity contribution in [3.8, 4) is 11.4 Å². The molecule has 3 aromatic heterocycles. The Morgan fingerprint density at radius 2 is 1.81 bits per heavy atom. The van der Waals surface area contributed by atoms with Gasteiger partial charge in [-0.15, -0.1) is 26.6 Å². The summed E-state index contributed by atoms with van der Waals surface area (Å²) in [6, 6.07) is 13.9. The quantitative estimate of drug-likeness (QED) is 0.556. The third-order valence-corrected chi connectivity index (χ3v) is 5.35. The van der Waals surface area contributed by atoms with Gasteiger partial charge in [0.1, 0.15) is 10.8 Å². The van der Waals surface area contributed by atoms with Gasteiger partial charge in [-0.05, 0) is 19.1 Å². The van der Waals surface area contributed by atoms with Gasteiger partial charge in [0.05, 0.1) is 11.7 Å². The first-order valence-corrected chi connectivity index (χ1v) is 9.80. The van der Waals surface area contributed by atoms with Crippen LogP contribution < -0.4 is 5.32 Å². The van der Waals surface area contributed by atoms with E-state index < -0.39 is 0 Å². The van der Waals surface area contributed by atoms with E-state index in [2.05, 4.69) is 48.6 Å². The summed E-state index contributed by atoms with van der Waals surface area (Å²) in [6.07, 6.45) is 0. The minimum absolute atomic E-state index is 0.0543. The maximum Gasteiger partial charge on any atom is 0.185 e. The second-order valence-electron chi connectivity index (χ2n) is 7.57. The molecule has 0 fully saturated rings. The Morgan fingerprint density at radius 1 is 1.04 bits per heavy atom. The van der Waals surface area contributed by atoms with E-state index in [-0.39, 0.29) is 11.5 Å². The molecule has 0 aliphatic carbocycles. The average Bonchev–Trinajstić information content (AvgIpc) is 3.29. The van der Waals surface area contributed by atoms with Crippen LogP contribution in [0.5, 0.6) is 0 Å². The topological polar surface area (TPSA) is 68.0 Å². The molecule has 3 heterocycles. The first-order valence-electron chi connectivity index (χ1n) is 8.92. The number of benzene rings is 1. The molecule has 27 heavy (non-hydrogen) atoms. The van der Waals surface area contributed by atoms with Crippen LogP contribution in [0.1, 0.15) is 44.4 Å². The molecule has 7 heteroatoms. The van der Waals surface area contributed by atoms with Crippen molar-refractivity contribution in [1.29, 1.82) is 0 Å². The summed E-state index contributed by atoms with van der Waals surface area (Å²) in [5.74, 6) is 1.49. The molecule has 4 rings (SSSR count). The number of nitrogens with one attached hydrogen (secondary N) is 1. The molecule has 6 nitrogen and oxygen atoms in total. The molecule has 0 saturated carbocycles. The first-order chi connectivity index (χ1) is 12.9. The molecular formula is C20H22N6S. The normalized spacial score (nSPS) is 13.0. The van der Waals surface area contributed by atoms with Crippen LogP contribution in [-0.4, -0.2) is 24.8 Å². The Morgan fingerprint density at radius 3 is 2.52 bits per heavy atom. The molecule has 138 valence electrons. The van der Waals surface area contributed by atoms with Crippen molar-refractivity contribution in [1.82, 2.24) is 24.8 Å². The molecular weight excluding hydrogens is 356 g/mol. The van der Waals surface area contributed by atoms with Crippen LogP contribution in [0.25, 0.3) is 17.0 Å². The Bertz CT molecular complexity index is 1060. The predicted molar refractivity (Wildman–Crippen MR) is 109 cm³/mol. The van der Waals surface area contributed by atoms with E-state index in [4.69, 9.17) is 10.1 Å². The van der Waals surface area contributed by atoms with Crippen molar-refractivity contribution in [2.45, 2.75) is 39.2 Å². The van der Waals surface area contributed by atoms with Crippen molar-refractivity contribution in [3.63, 3.8) is 0 Å². The number of anilines is 1. The molecule has 0 bridgehead atoms. The zero-order chi connectivity index (χ0) is 19.0. The zero-order valence-electron chi connectivity index (χ0n) is 15.8. The largest absolute Gasteiger partial charge is 0.360 e. The van der Waals surface area contributed by atoms with E-state index in [0.717, 1.165) is 33.6 Å². The predicted octanol–water partition coefficient (Wildman–Crippen LogP) is 4.72. The highest BCUT2D eigenvalue weighted by atomic mass is 32.1.